The van der Waals surface area contributed by atoms with Crippen LogP contribution in [0.15, 0.2) is 29.2 Å². The van der Waals surface area contributed by atoms with Gasteiger partial charge in [-0.25, -0.2) is 18.0 Å². The highest BCUT2D eigenvalue weighted by Gasteiger charge is 2.59. The molecule has 32 heavy (non-hydrogen) atoms. The van der Waals surface area contributed by atoms with Crippen LogP contribution in [-0.4, -0.2) is 92.4 Å². The Morgan fingerprint density at radius 2 is 1.78 bits per heavy atom. The zero-order chi connectivity index (χ0) is 22.9. The second kappa shape index (κ2) is 6.63. The van der Waals surface area contributed by atoms with Gasteiger partial charge >= 0.3 is 18.5 Å². The number of rotatable bonds is 3. The Morgan fingerprint density at radius 3 is 2.38 bits per heavy atom. The highest BCUT2D eigenvalue weighted by Crippen LogP contribution is 2.43. The number of halogens is 3. The topological polar surface area (TPSA) is 108 Å². The molecule has 1 aromatic rings. The van der Waals surface area contributed by atoms with Gasteiger partial charge in [0.2, 0.25) is 10.0 Å². The fourth-order valence-corrected chi connectivity index (χ4v) is 6.34. The molecular formula is C18H21F3N4O6S. The van der Waals surface area contributed by atoms with Crippen LogP contribution in [0.5, 0.6) is 5.75 Å². The van der Waals surface area contributed by atoms with Crippen LogP contribution < -0.4 is 10.1 Å². The third kappa shape index (κ3) is 3.50. The summed E-state index contributed by atoms with van der Waals surface area (Å²) in [7, 11) is -3.98. The average Bonchev–Trinajstić information content (AvgIpc) is 2.98. The fraction of sp³-hybridized carbons (Fsp3) is 0.556. The molecule has 4 aliphatic heterocycles. The summed E-state index contributed by atoms with van der Waals surface area (Å²) in [6.07, 6.45) is -5.41. The van der Waals surface area contributed by atoms with Crippen molar-refractivity contribution in [3.8, 4) is 5.75 Å². The number of nitrogens with zero attached hydrogens (tertiary/aromatic N) is 3. The number of carbonyl (C=O) groups excluding carboxylic acids is 2. The largest absolute Gasteiger partial charge is 0.573 e. The van der Waals surface area contributed by atoms with Crippen molar-refractivity contribution in [3.63, 3.8) is 0 Å². The monoisotopic (exact) mass is 478 g/mol. The Labute approximate surface area is 182 Å². The van der Waals surface area contributed by atoms with Gasteiger partial charge in [0.15, 0.2) is 0 Å². The van der Waals surface area contributed by atoms with E-state index in [0.717, 1.165) is 12.1 Å². The van der Waals surface area contributed by atoms with Crippen molar-refractivity contribution in [3.05, 3.63) is 24.3 Å². The minimum atomic E-state index is -4.92. The molecule has 0 saturated carbocycles. The van der Waals surface area contributed by atoms with Gasteiger partial charge in [-0.15, -0.1) is 13.2 Å². The third-order valence-electron chi connectivity index (χ3n) is 6.13. The normalized spacial score (nSPS) is 23.8. The van der Waals surface area contributed by atoms with Gasteiger partial charge in [0.05, 0.1) is 18.0 Å². The van der Waals surface area contributed by atoms with Crippen LogP contribution in [0.3, 0.4) is 0 Å². The van der Waals surface area contributed by atoms with Crippen molar-refractivity contribution in [2.45, 2.75) is 16.8 Å². The van der Waals surface area contributed by atoms with E-state index >= 15 is 0 Å². The highest BCUT2D eigenvalue weighted by molar-refractivity contribution is 7.89. The van der Waals surface area contributed by atoms with Crippen LogP contribution in [0.2, 0.25) is 0 Å². The predicted octanol–water partition coefficient (Wildman–Crippen LogP) is 1.05. The maximum absolute atomic E-state index is 12.8. The zero-order valence-electron chi connectivity index (χ0n) is 16.6. The van der Waals surface area contributed by atoms with Crippen LogP contribution in [0.25, 0.3) is 0 Å². The number of nitrogens with one attached hydrogen (secondary N) is 1. The van der Waals surface area contributed by atoms with E-state index in [9.17, 15) is 31.2 Å². The number of urea groups is 1. The van der Waals surface area contributed by atoms with Crippen molar-refractivity contribution in [1.29, 1.82) is 0 Å². The number of sulfonamides is 1. The molecule has 0 aromatic heterocycles. The lowest BCUT2D eigenvalue weighted by molar-refractivity contribution is -0.274. The summed E-state index contributed by atoms with van der Waals surface area (Å²) in [5.74, 6) is -0.606. The number of cyclic esters (lactones) is 1. The van der Waals surface area contributed by atoms with E-state index in [4.69, 9.17) is 4.74 Å². The van der Waals surface area contributed by atoms with Gasteiger partial charge in [0, 0.05) is 39.1 Å². The number of amides is 3. The zero-order valence-corrected chi connectivity index (χ0v) is 17.4. The summed E-state index contributed by atoms with van der Waals surface area (Å²) in [4.78, 5) is 26.7. The first-order valence-electron chi connectivity index (χ1n) is 9.74. The molecule has 176 valence electrons. The van der Waals surface area contributed by atoms with E-state index < -0.39 is 33.8 Å². The molecule has 2 spiro atoms. The van der Waals surface area contributed by atoms with E-state index in [2.05, 4.69) is 10.1 Å². The van der Waals surface area contributed by atoms with Gasteiger partial charge in [0.1, 0.15) is 17.9 Å². The predicted molar refractivity (Wildman–Crippen MR) is 102 cm³/mol. The maximum Gasteiger partial charge on any atom is 0.573 e. The number of hydrogen-bond acceptors (Lipinski definition) is 6. The average molecular weight is 478 g/mol. The van der Waals surface area contributed by atoms with Gasteiger partial charge in [-0.2, -0.15) is 4.31 Å². The van der Waals surface area contributed by atoms with Crippen molar-refractivity contribution in [2.24, 2.45) is 5.41 Å². The molecular weight excluding hydrogens is 457 g/mol. The summed E-state index contributed by atoms with van der Waals surface area (Å²) in [5, 5.41) is 2.70. The number of alkyl halides is 3. The summed E-state index contributed by atoms with van der Waals surface area (Å²) < 4.78 is 72.6. The molecule has 0 aliphatic carbocycles. The molecule has 4 heterocycles. The molecule has 0 bridgehead atoms. The minimum absolute atomic E-state index is 0. The van der Waals surface area contributed by atoms with Crippen molar-refractivity contribution in [2.75, 3.05) is 45.9 Å². The lowest BCUT2D eigenvalue weighted by Crippen LogP contribution is -2.77. The quantitative estimate of drug-likeness (QED) is 0.696. The molecule has 0 radical (unpaired) electrons. The van der Waals surface area contributed by atoms with Gasteiger partial charge in [-0.1, -0.05) is 6.07 Å². The Morgan fingerprint density at radius 1 is 1.12 bits per heavy atom. The van der Waals surface area contributed by atoms with E-state index in [1.165, 1.54) is 16.4 Å². The van der Waals surface area contributed by atoms with Crippen molar-refractivity contribution in [1.82, 2.24) is 19.4 Å². The lowest BCUT2D eigenvalue weighted by Gasteiger charge is -2.60. The van der Waals surface area contributed by atoms with Crippen LogP contribution in [0, 0.1) is 5.41 Å². The molecule has 3 amide bonds. The summed E-state index contributed by atoms with van der Waals surface area (Å²) in [6, 6.07) is 4.09. The lowest BCUT2D eigenvalue weighted by atomic mass is 9.74. The molecule has 4 fully saturated rings. The molecule has 5 rings (SSSR count). The van der Waals surface area contributed by atoms with Crippen LogP contribution >= 0.6 is 0 Å². The molecule has 0 unspecified atom stereocenters. The number of benzene rings is 1. The molecule has 0 atom stereocenters. The third-order valence-corrected chi connectivity index (χ3v) is 7.92. The number of carbonyl (C=O) groups is 2. The molecule has 1 aromatic carbocycles. The Kier molecular flexibility index (Phi) is 4.38. The van der Waals surface area contributed by atoms with Crippen molar-refractivity contribution < 1.29 is 42.1 Å². The first-order valence-corrected chi connectivity index (χ1v) is 11.2. The highest BCUT2D eigenvalue weighted by atomic mass is 32.2. The second-order valence-corrected chi connectivity index (χ2v) is 10.7. The molecule has 4 saturated heterocycles. The van der Waals surface area contributed by atoms with Gasteiger partial charge in [0.25, 0.3) is 0 Å². The Bertz CT molecular complexity index is 1080. The Balaban J connectivity index is 0.00000259. The molecule has 14 heteroatoms. The first-order chi connectivity index (χ1) is 14.9. The maximum atomic E-state index is 12.8. The van der Waals surface area contributed by atoms with E-state index in [1.54, 1.807) is 9.80 Å². The van der Waals surface area contributed by atoms with Gasteiger partial charge < -0.3 is 24.6 Å². The number of ether oxygens (including phenoxy) is 2. The first kappa shape index (κ1) is 21.1. The van der Waals surface area contributed by atoms with Crippen LogP contribution in [0.4, 0.5) is 22.8 Å². The fourth-order valence-electron chi connectivity index (χ4n) is 4.63. The van der Waals surface area contributed by atoms with Gasteiger partial charge in [-0.3, -0.25) is 0 Å². The number of likely N-dealkylation sites (tertiary alicyclic amines) is 2. The minimum Gasteiger partial charge on any atom is -0.447 e. The van der Waals surface area contributed by atoms with E-state index in [0.29, 0.717) is 26.2 Å². The smallest absolute Gasteiger partial charge is 0.447 e. The summed E-state index contributed by atoms with van der Waals surface area (Å²) >= 11 is 0. The summed E-state index contributed by atoms with van der Waals surface area (Å²) in [5.41, 5.74) is -0.864. The van der Waals surface area contributed by atoms with Gasteiger partial charge in [-0.05, 0) is 12.1 Å². The van der Waals surface area contributed by atoms with Crippen molar-refractivity contribution >= 4 is 22.1 Å². The van der Waals surface area contributed by atoms with E-state index in [1.807, 2.05) is 0 Å². The number of alkyl carbamates (subject to hydrolysis) is 1. The standard InChI is InChI=1S/C18H19F3N4O6S.H2/c19-18(20,21)31-12-2-1-3-13(4-12)32(28,29)25-7-16(8-25)5-23(6-16)15(27)24-9-17(10-24)11-30-14(26)22-17;/h1-4H,5-11H2,(H,22,26);1H. The molecule has 4 aliphatic rings. The second-order valence-electron chi connectivity index (χ2n) is 8.77. The van der Waals surface area contributed by atoms with E-state index in [-0.39, 0.29) is 37.5 Å². The van der Waals surface area contributed by atoms with Crippen LogP contribution in [-0.2, 0) is 14.8 Å². The Hall–Kier alpha value is -2.74. The molecule has 1 N–H and O–H groups in total. The SMILES string of the molecule is O=C1NC2(CO1)CN(C(=O)N1CC3(C1)CN(S(=O)(=O)c1cccc(OC(F)(F)F)c1)C3)C2.[HH]. The van der Waals surface area contributed by atoms with Crippen LogP contribution in [0.1, 0.15) is 1.43 Å². The molecule has 10 nitrogen and oxygen atoms in total. The number of hydrogen-bond donors (Lipinski definition) is 1. The summed E-state index contributed by atoms with van der Waals surface area (Å²) in [6.45, 7) is 2.08.